The molecule has 0 radical (unpaired) electrons. The largest absolute Gasteiger partial charge is 0.353 e. The number of para-hydroxylation sites is 1. The van der Waals surface area contributed by atoms with Crippen molar-refractivity contribution in [2.45, 2.75) is 36.1 Å². The summed E-state index contributed by atoms with van der Waals surface area (Å²) in [6.45, 7) is 6.37. The number of hydrogen-bond donors (Lipinski definition) is 1. The zero-order valence-corrected chi connectivity index (χ0v) is 24.7. The van der Waals surface area contributed by atoms with E-state index in [0.717, 1.165) is 38.7 Å². The van der Waals surface area contributed by atoms with E-state index in [1.807, 2.05) is 79.4 Å². The lowest BCUT2D eigenvalue weighted by atomic mass is 10.0. The standard InChI is InChI=1S/C35H34N4O2S/c1-24-16-17-27(25(2)22-24)34(40)37-30(23-26-10-4-3-5-11-26)35(41)39-20-18-38(19-21-39)33-28-12-6-8-14-31(28)42-32-15-9-7-13-29(32)36-33/h3-17,22,30H,18-21,23H2,1-2H3,(H,37,40). The molecule has 6 nitrogen and oxygen atoms in total. The van der Waals surface area contributed by atoms with Crippen molar-refractivity contribution in [1.29, 1.82) is 0 Å². The van der Waals surface area contributed by atoms with E-state index in [1.54, 1.807) is 11.8 Å². The van der Waals surface area contributed by atoms with E-state index in [4.69, 9.17) is 4.99 Å². The molecule has 1 N–H and O–H groups in total. The number of carbonyl (C=O) groups excluding carboxylic acids is 2. The zero-order valence-electron chi connectivity index (χ0n) is 23.9. The molecule has 0 saturated carbocycles. The number of fused-ring (bicyclic) bond motifs is 2. The molecule has 1 fully saturated rings. The lowest BCUT2D eigenvalue weighted by Gasteiger charge is -2.38. The van der Waals surface area contributed by atoms with Crippen LogP contribution in [0.3, 0.4) is 0 Å². The summed E-state index contributed by atoms with van der Waals surface area (Å²) in [5, 5.41) is 3.08. The van der Waals surface area contributed by atoms with E-state index in [1.165, 1.54) is 4.90 Å². The first-order valence-electron chi connectivity index (χ1n) is 14.4. The molecular weight excluding hydrogens is 540 g/mol. The third-order valence-electron chi connectivity index (χ3n) is 7.84. The lowest BCUT2D eigenvalue weighted by Crippen LogP contribution is -2.56. The Morgan fingerprint density at radius 1 is 0.833 bits per heavy atom. The van der Waals surface area contributed by atoms with Crippen molar-refractivity contribution in [3.8, 4) is 0 Å². The van der Waals surface area contributed by atoms with Gasteiger partial charge in [-0.05, 0) is 49.2 Å². The van der Waals surface area contributed by atoms with Crippen molar-refractivity contribution in [2.24, 2.45) is 4.99 Å². The molecule has 0 aromatic heterocycles. The Bertz CT molecular complexity index is 1640. The fourth-order valence-electron chi connectivity index (χ4n) is 5.62. The molecule has 2 aliphatic rings. The highest BCUT2D eigenvalue weighted by Crippen LogP contribution is 2.40. The molecule has 42 heavy (non-hydrogen) atoms. The van der Waals surface area contributed by atoms with Gasteiger partial charge in [0.2, 0.25) is 5.91 Å². The van der Waals surface area contributed by atoms with Crippen LogP contribution in [0.5, 0.6) is 0 Å². The smallest absolute Gasteiger partial charge is 0.252 e. The molecule has 1 atom stereocenters. The number of nitrogens with one attached hydrogen (secondary N) is 1. The van der Waals surface area contributed by atoms with Crippen LogP contribution >= 0.6 is 11.8 Å². The van der Waals surface area contributed by atoms with Crippen LogP contribution in [0, 0.1) is 13.8 Å². The van der Waals surface area contributed by atoms with Gasteiger partial charge in [-0.25, -0.2) is 4.99 Å². The maximum absolute atomic E-state index is 14.0. The minimum Gasteiger partial charge on any atom is -0.353 e. The van der Waals surface area contributed by atoms with Crippen LogP contribution in [-0.2, 0) is 11.2 Å². The summed E-state index contributed by atoms with van der Waals surface area (Å²) in [5.41, 5.74) is 5.68. The minimum absolute atomic E-state index is 0.0549. The van der Waals surface area contributed by atoms with Crippen molar-refractivity contribution in [3.05, 3.63) is 125 Å². The Morgan fingerprint density at radius 3 is 2.29 bits per heavy atom. The molecule has 1 unspecified atom stereocenters. The van der Waals surface area contributed by atoms with Crippen molar-refractivity contribution < 1.29 is 9.59 Å². The predicted octanol–water partition coefficient (Wildman–Crippen LogP) is 6.03. The third kappa shape index (κ3) is 5.97. The second kappa shape index (κ2) is 12.2. The average molecular weight is 575 g/mol. The molecule has 7 heteroatoms. The number of nitrogens with zero attached hydrogens (tertiary/aromatic N) is 3. The highest BCUT2D eigenvalue weighted by Gasteiger charge is 2.31. The van der Waals surface area contributed by atoms with Crippen LogP contribution < -0.4 is 5.32 Å². The second-order valence-corrected chi connectivity index (χ2v) is 11.9. The van der Waals surface area contributed by atoms with Gasteiger partial charge in [-0.1, -0.05) is 90.1 Å². The predicted molar refractivity (Wildman–Crippen MR) is 169 cm³/mol. The summed E-state index contributed by atoms with van der Waals surface area (Å²) in [7, 11) is 0. The topological polar surface area (TPSA) is 65.0 Å². The fraction of sp³-hybridized carbons (Fsp3) is 0.229. The number of aryl methyl sites for hydroxylation is 2. The van der Waals surface area contributed by atoms with Crippen molar-refractivity contribution in [3.63, 3.8) is 0 Å². The van der Waals surface area contributed by atoms with Crippen LogP contribution in [0.4, 0.5) is 5.69 Å². The van der Waals surface area contributed by atoms with Crippen molar-refractivity contribution in [2.75, 3.05) is 26.2 Å². The van der Waals surface area contributed by atoms with E-state index in [9.17, 15) is 9.59 Å². The van der Waals surface area contributed by atoms with Gasteiger partial charge in [-0.2, -0.15) is 0 Å². The first-order valence-corrected chi connectivity index (χ1v) is 15.2. The summed E-state index contributed by atoms with van der Waals surface area (Å²) in [6.07, 6.45) is 0.435. The number of hydrogen-bond acceptors (Lipinski definition) is 5. The Morgan fingerprint density at radius 2 is 1.52 bits per heavy atom. The molecule has 1 saturated heterocycles. The molecule has 2 aliphatic heterocycles. The van der Waals surface area contributed by atoms with Gasteiger partial charge in [0.25, 0.3) is 5.91 Å². The van der Waals surface area contributed by atoms with E-state index >= 15 is 0 Å². The monoisotopic (exact) mass is 574 g/mol. The van der Waals surface area contributed by atoms with Crippen LogP contribution in [0.15, 0.2) is 112 Å². The number of aliphatic imine (C=N–C) groups is 1. The van der Waals surface area contributed by atoms with Gasteiger partial charge in [0.15, 0.2) is 0 Å². The molecular formula is C35H34N4O2S. The quantitative estimate of drug-likeness (QED) is 0.316. The van der Waals surface area contributed by atoms with Crippen molar-refractivity contribution in [1.82, 2.24) is 15.1 Å². The minimum atomic E-state index is -0.661. The van der Waals surface area contributed by atoms with E-state index in [0.29, 0.717) is 38.2 Å². The number of carbonyl (C=O) groups is 2. The Kier molecular flexibility index (Phi) is 8.11. The molecule has 212 valence electrons. The van der Waals surface area contributed by atoms with Crippen LogP contribution in [0.25, 0.3) is 0 Å². The van der Waals surface area contributed by atoms with E-state index in [2.05, 4.69) is 46.6 Å². The van der Waals surface area contributed by atoms with Crippen LogP contribution in [0.2, 0.25) is 0 Å². The Balaban J connectivity index is 1.21. The summed E-state index contributed by atoms with van der Waals surface area (Å²) in [6, 6.07) is 31.6. The molecule has 2 heterocycles. The summed E-state index contributed by atoms with van der Waals surface area (Å²) in [5.74, 6) is 0.667. The molecule has 4 aromatic rings. The normalized spacial score (nSPS) is 15.1. The molecule has 4 aromatic carbocycles. The second-order valence-electron chi connectivity index (χ2n) is 10.8. The van der Waals surface area contributed by atoms with Gasteiger partial charge < -0.3 is 15.1 Å². The van der Waals surface area contributed by atoms with Gasteiger partial charge in [0.05, 0.1) is 5.69 Å². The van der Waals surface area contributed by atoms with Crippen LogP contribution in [0.1, 0.15) is 32.6 Å². The number of rotatable bonds is 5. The number of piperazine rings is 1. The zero-order chi connectivity index (χ0) is 29.1. The third-order valence-corrected chi connectivity index (χ3v) is 8.98. The molecule has 6 rings (SSSR count). The maximum atomic E-state index is 14.0. The first kappa shape index (κ1) is 27.8. The van der Waals surface area contributed by atoms with Gasteiger partial charge in [-0.15, -0.1) is 0 Å². The van der Waals surface area contributed by atoms with Gasteiger partial charge in [-0.3, -0.25) is 9.59 Å². The fourth-order valence-corrected chi connectivity index (χ4v) is 6.64. The number of amides is 2. The molecule has 0 bridgehead atoms. The van der Waals surface area contributed by atoms with Gasteiger partial charge in [0.1, 0.15) is 11.9 Å². The summed E-state index contributed by atoms with van der Waals surface area (Å²) < 4.78 is 0. The van der Waals surface area contributed by atoms with Gasteiger partial charge >= 0.3 is 0 Å². The molecule has 0 spiro atoms. The molecule has 0 aliphatic carbocycles. The lowest BCUT2D eigenvalue weighted by molar-refractivity contribution is -0.134. The average Bonchev–Trinajstić information content (AvgIpc) is 3.18. The molecule has 2 amide bonds. The highest BCUT2D eigenvalue weighted by molar-refractivity contribution is 7.99. The number of amidine groups is 1. The highest BCUT2D eigenvalue weighted by atomic mass is 32.2. The first-order chi connectivity index (χ1) is 20.5. The van der Waals surface area contributed by atoms with E-state index < -0.39 is 6.04 Å². The summed E-state index contributed by atoms with van der Waals surface area (Å²) in [4.78, 5) is 38.9. The SMILES string of the molecule is Cc1ccc(C(=O)NC(Cc2ccccc2)C(=O)N2CCN(C3=Nc4ccccc4Sc4ccccc43)CC2)c(C)c1. The summed E-state index contributed by atoms with van der Waals surface area (Å²) >= 11 is 1.74. The van der Waals surface area contributed by atoms with Crippen molar-refractivity contribution >= 4 is 35.1 Å². The van der Waals surface area contributed by atoms with Crippen LogP contribution in [-0.4, -0.2) is 59.7 Å². The van der Waals surface area contributed by atoms with Gasteiger partial charge in [0, 0.05) is 53.5 Å². The Hall–Kier alpha value is -4.36. The Labute approximate surface area is 251 Å². The maximum Gasteiger partial charge on any atom is 0.252 e. The van der Waals surface area contributed by atoms with E-state index in [-0.39, 0.29) is 11.8 Å². The number of benzene rings is 4.